The molecule has 2 saturated carbocycles. The molecule has 2 aliphatic carbocycles. The maximum atomic E-state index is 13.5. The predicted octanol–water partition coefficient (Wildman–Crippen LogP) is 4.81. The van der Waals surface area contributed by atoms with Crippen LogP contribution in [0.1, 0.15) is 77.7 Å². The fraction of sp³-hybridized carbons (Fsp3) is 0.720. The second kappa shape index (κ2) is 7.48. The van der Waals surface area contributed by atoms with E-state index in [1.54, 1.807) is 0 Å². The molecular weight excluding hydrogens is 344 g/mol. The summed E-state index contributed by atoms with van der Waals surface area (Å²) in [5.74, 6) is 0.959. The molecule has 1 aromatic rings. The Bertz CT molecular complexity index is 698. The van der Waals surface area contributed by atoms with E-state index in [0.717, 1.165) is 38.8 Å². The normalized spacial score (nSPS) is 38.8. The number of fused-ring (bicyclic) bond motifs is 2. The fourth-order valence-corrected chi connectivity index (χ4v) is 6.90. The molecule has 4 rings (SSSR count). The highest BCUT2D eigenvalue weighted by Gasteiger charge is 2.56. The molecule has 1 aromatic carbocycles. The van der Waals surface area contributed by atoms with Crippen molar-refractivity contribution < 1.29 is 4.79 Å². The zero-order chi connectivity index (χ0) is 19.8. The van der Waals surface area contributed by atoms with Gasteiger partial charge in [0, 0.05) is 11.5 Å². The number of carbonyl (C=O) groups is 1. The third-order valence-corrected chi connectivity index (χ3v) is 8.16. The van der Waals surface area contributed by atoms with Crippen molar-refractivity contribution in [2.45, 2.75) is 83.6 Å². The molecule has 1 amide bonds. The maximum Gasteiger partial charge on any atom is 0.226 e. The molecule has 0 aromatic heterocycles. The first-order chi connectivity index (χ1) is 13.4. The van der Waals surface area contributed by atoms with Crippen molar-refractivity contribution >= 4 is 5.91 Å². The lowest BCUT2D eigenvalue weighted by atomic mass is 9.47. The average Bonchev–Trinajstić information content (AvgIpc) is 2.68. The number of amides is 1. The molecule has 3 fully saturated rings. The van der Waals surface area contributed by atoms with Crippen molar-refractivity contribution in [2.24, 2.45) is 16.7 Å². The second-order valence-electron chi connectivity index (χ2n) is 10.7. The highest BCUT2D eigenvalue weighted by atomic mass is 16.2. The van der Waals surface area contributed by atoms with Crippen LogP contribution in [0.2, 0.25) is 0 Å². The number of rotatable bonds is 4. The number of benzene rings is 1. The predicted molar refractivity (Wildman–Crippen MR) is 115 cm³/mol. The van der Waals surface area contributed by atoms with Crippen LogP contribution in [0.4, 0.5) is 0 Å². The van der Waals surface area contributed by atoms with Crippen molar-refractivity contribution in [3.63, 3.8) is 0 Å². The van der Waals surface area contributed by atoms with E-state index in [1.807, 2.05) is 0 Å². The summed E-state index contributed by atoms with van der Waals surface area (Å²) >= 11 is 0. The SMILES string of the molecule is CC[C@@]1(C)CC2CC(C)(C(=O)NC3CCNCC3)CC(c3ccccc3)(C2)C1. The summed E-state index contributed by atoms with van der Waals surface area (Å²) in [6, 6.07) is 11.5. The lowest BCUT2D eigenvalue weighted by Crippen LogP contribution is -2.56. The zero-order valence-corrected chi connectivity index (χ0v) is 18.0. The quantitative estimate of drug-likeness (QED) is 0.785. The molecule has 154 valence electrons. The molecule has 0 spiro atoms. The van der Waals surface area contributed by atoms with Crippen LogP contribution >= 0.6 is 0 Å². The van der Waals surface area contributed by atoms with E-state index in [-0.39, 0.29) is 10.8 Å². The summed E-state index contributed by atoms with van der Waals surface area (Å²) in [5, 5.41) is 6.84. The fourth-order valence-electron chi connectivity index (χ4n) is 6.90. The van der Waals surface area contributed by atoms with Crippen molar-refractivity contribution in [3.05, 3.63) is 35.9 Å². The van der Waals surface area contributed by atoms with Gasteiger partial charge in [-0.3, -0.25) is 4.79 Å². The molecule has 1 heterocycles. The number of carbonyl (C=O) groups excluding carboxylic acids is 1. The Morgan fingerprint density at radius 3 is 2.46 bits per heavy atom. The lowest BCUT2D eigenvalue weighted by Gasteiger charge is -2.57. The first-order valence-corrected chi connectivity index (χ1v) is 11.4. The van der Waals surface area contributed by atoms with E-state index in [9.17, 15) is 4.79 Å². The van der Waals surface area contributed by atoms with Gasteiger partial charge in [0.25, 0.3) is 0 Å². The summed E-state index contributed by atoms with van der Waals surface area (Å²) in [6.45, 7) is 9.12. The molecule has 1 aliphatic heterocycles. The summed E-state index contributed by atoms with van der Waals surface area (Å²) < 4.78 is 0. The Morgan fingerprint density at radius 2 is 1.79 bits per heavy atom. The monoisotopic (exact) mass is 382 g/mol. The molecule has 0 radical (unpaired) electrons. The van der Waals surface area contributed by atoms with Gasteiger partial charge in [-0.15, -0.1) is 0 Å². The Labute approximate surface area is 171 Å². The molecule has 4 atom stereocenters. The van der Waals surface area contributed by atoms with Gasteiger partial charge < -0.3 is 10.6 Å². The van der Waals surface area contributed by atoms with Crippen molar-refractivity contribution in [1.82, 2.24) is 10.6 Å². The van der Waals surface area contributed by atoms with Crippen LogP contribution in [-0.4, -0.2) is 25.0 Å². The molecule has 3 heteroatoms. The van der Waals surface area contributed by atoms with E-state index in [4.69, 9.17) is 0 Å². The lowest BCUT2D eigenvalue weighted by molar-refractivity contribution is -0.138. The first-order valence-electron chi connectivity index (χ1n) is 11.4. The highest BCUT2D eigenvalue weighted by Crippen LogP contribution is 2.61. The van der Waals surface area contributed by atoms with Gasteiger partial charge in [0.2, 0.25) is 5.91 Å². The Hall–Kier alpha value is -1.35. The van der Waals surface area contributed by atoms with Crippen LogP contribution in [-0.2, 0) is 10.2 Å². The molecule has 3 unspecified atom stereocenters. The Kier molecular flexibility index (Phi) is 5.33. The van der Waals surface area contributed by atoms with Gasteiger partial charge in [-0.05, 0) is 80.3 Å². The van der Waals surface area contributed by atoms with Crippen molar-refractivity contribution in [3.8, 4) is 0 Å². The van der Waals surface area contributed by atoms with Gasteiger partial charge in [-0.1, -0.05) is 57.5 Å². The third-order valence-electron chi connectivity index (χ3n) is 8.16. The minimum Gasteiger partial charge on any atom is -0.353 e. The molecular formula is C25H38N2O. The van der Waals surface area contributed by atoms with E-state index in [0.29, 0.717) is 23.3 Å². The average molecular weight is 383 g/mol. The summed E-state index contributed by atoms with van der Waals surface area (Å²) in [5.41, 5.74) is 1.75. The molecule has 28 heavy (non-hydrogen) atoms. The smallest absolute Gasteiger partial charge is 0.226 e. The summed E-state index contributed by atoms with van der Waals surface area (Å²) in [7, 11) is 0. The number of piperidine rings is 1. The van der Waals surface area contributed by atoms with E-state index in [2.05, 4.69) is 61.7 Å². The molecule has 2 bridgehead atoms. The Balaban J connectivity index is 1.62. The Morgan fingerprint density at radius 1 is 1.07 bits per heavy atom. The molecule has 3 nitrogen and oxygen atoms in total. The number of hydrogen-bond donors (Lipinski definition) is 2. The van der Waals surface area contributed by atoms with E-state index < -0.39 is 0 Å². The van der Waals surface area contributed by atoms with Gasteiger partial charge >= 0.3 is 0 Å². The van der Waals surface area contributed by atoms with Crippen LogP contribution in [0.5, 0.6) is 0 Å². The minimum absolute atomic E-state index is 0.146. The van der Waals surface area contributed by atoms with Crippen LogP contribution in [0.15, 0.2) is 30.3 Å². The van der Waals surface area contributed by atoms with Gasteiger partial charge in [-0.2, -0.15) is 0 Å². The number of nitrogens with one attached hydrogen (secondary N) is 2. The largest absolute Gasteiger partial charge is 0.353 e. The van der Waals surface area contributed by atoms with Crippen LogP contribution in [0, 0.1) is 16.7 Å². The zero-order valence-electron chi connectivity index (χ0n) is 18.0. The summed E-state index contributed by atoms with van der Waals surface area (Å²) in [6.07, 6.45) is 9.13. The minimum atomic E-state index is -0.251. The van der Waals surface area contributed by atoms with Gasteiger partial charge in [0.05, 0.1) is 0 Å². The van der Waals surface area contributed by atoms with E-state index >= 15 is 0 Å². The molecule has 3 aliphatic rings. The van der Waals surface area contributed by atoms with Crippen molar-refractivity contribution in [1.29, 1.82) is 0 Å². The van der Waals surface area contributed by atoms with Gasteiger partial charge in [-0.25, -0.2) is 0 Å². The van der Waals surface area contributed by atoms with E-state index in [1.165, 1.54) is 31.2 Å². The van der Waals surface area contributed by atoms with Crippen molar-refractivity contribution in [2.75, 3.05) is 13.1 Å². The maximum absolute atomic E-state index is 13.5. The number of hydrogen-bond acceptors (Lipinski definition) is 2. The molecule has 1 saturated heterocycles. The van der Waals surface area contributed by atoms with Gasteiger partial charge in [0.1, 0.15) is 0 Å². The van der Waals surface area contributed by atoms with Crippen LogP contribution in [0.3, 0.4) is 0 Å². The van der Waals surface area contributed by atoms with Gasteiger partial charge in [0.15, 0.2) is 0 Å². The summed E-state index contributed by atoms with van der Waals surface area (Å²) in [4.78, 5) is 13.5. The van der Waals surface area contributed by atoms with Crippen LogP contribution in [0.25, 0.3) is 0 Å². The second-order valence-corrected chi connectivity index (χ2v) is 10.7. The topological polar surface area (TPSA) is 41.1 Å². The first kappa shape index (κ1) is 19.9. The standard InChI is InChI=1S/C25H38N2O/c1-4-23(2)14-19-15-24(3,22(28)27-21-10-12-26-13-11-21)18-25(16-19,17-23)20-8-6-5-7-9-20/h5-9,19,21,26H,4,10-18H2,1-3H3,(H,27,28)/t19?,23-,24?,25?/m0/s1. The highest BCUT2D eigenvalue weighted by molar-refractivity contribution is 5.83. The third kappa shape index (κ3) is 3.75. The molecule has 2 N–H and O–H groups in total. The van der Waals surface area contributed by atoms with Crippen LogP contribution < -0.4 is 10.6 Å².